The third kappa shape index (κ3) is 4.60. The van der Waals surface area contributed by atoms with E-state index in [9.17, 15) is 13.2 Å². The summed E-state index contributed by atoms with van der Waals surface area (Å²) in [4.78, 5) is 12.7. The molecule has 0 unspecified atom stereocenters. The van der Waals surface area contributed by atoms with Crippen molar-refractivity contribution in [3.8, 4) is 17.1 Å². The van der Waals surface area contributed by atoms with Crippen molar-refractivity contribution in [2.24, 2.45) is 5.14 Å². The fourth-order valence-corrected chi connectivity index (χ4v) is 3.69. The summed E-state index contributed by atoms with van der Waals surface area (Å²) in [5.41, 5.74) is 2.77. The molecule has 3 N–H and O–H groups in total. The summed E-state index contributed by atoms with van der Waals surface area (Å²) < 4.78 is 33.8. The molecule has 0 aliphatic rings. The number of nitrogens with one attached hydrogen (secondary N) is 1. The van der Waals surface area contributed by atoms with E-state index in [1.165, 1.54) is 18.2 Å². The monoisotopic (exact) mass is 436 g/mol. The van der Waals surface area contributed by atoms with E-state index in [1.54, 1.807) is 31.4 Å². The average Bonchev–Trinajstić information content (AvgIpc) is 2.77. The fourth-order valence-electron chi connectivity index (χ4n) is 3.18. The quantitative estimate of drug-likeness (QED) is 0.476. The van der Waals surface area contributed by atoms with E-state index < -0.39 is 10.0 Å². The lowest BCUT2D eigenvalue weighted by Gasteiger charge is -2.09. The first kappa shape index (κ1) is 20.6. The minimum atomic E-state index is -3.72. The van der Waals surface area contributed by atoms with Gasteiger partial charge in [-0.3, -0.25) is 4.79 Å². The number of rotatable bonds is 6. The van der Waals surface area contributed by atoms with Crippen LogP contribution in [-0.2, 0) is 16.6 Å². The number of sulfonamides is 1. The number of hydrogen-bond acceptors (Lipinski definition) is 6. The lowest BCUT2D eigenvalue weighted by atomic mass is 10.1. The Morgan fingerprint density at radius 3 is 2.32 bits per heavy atom. The predicted octanol–water partition coefficient (Wildman–Crippen LogP) is 3.73. The molecule has 158 valence electrons. The maximum atomic E-state index is 12.7. The molecule has 0 radical (unpaired) electrons. The Bertz CT molecular complexity index is 1390. The van der Waals surface area contributed by atoms with Crippen molar-refractivity contribution in [1.82, 2.24) is 0 Å². The standard InChI is InChI=1S/C23H20N2O5S/c1-29-18-7-3-16(4-8-18)23-13-21(26)20-12-15(2-11-22(20)30-23)14-25-17-5-9-19(10-6-17)31(24,27)28/h2-13,25H,14H2,1H3,(H2,24,27,28). The van der Waals surface area contributed by atoms with E-state index in [1.807, 2.05) is 30.3 Å². The number of benzene rings is 3. The molecular weight excluding hydrogens is 416 g/mol. The molecule has 0 atom stereocenters. The van der Waals surface area contributed by atoms with Crippen LogP contribution in [0.15, 0.2) is 86.9 Å². The van der Waals surface area contributed by atoms with Crippen LogP contribution in [0, 0.1) is 0 Å². The van der Waals surface area contributed by atoms with Crippen LogP contribution >= 0.6 is 0 Å². The summed E-state index contributed by atoms with van der Waals surface area (Å²) in [6, 6.07) is 20.3. The number of hydrogen-bond donors (Lipinski definition) is 2. The van der Waals surface area contributed by atoms with Crippen LogP contribution in [0.2, 0.25) is 0 Å². The van der Waals surface area contributed by atoms with Gasteiger partial charge in [0.1, 0.15) is 17.1 Å². The fraction of sp³-hybridized carbons (Fsp3) is 0.0870. The normalized spacial score (nSPS) is 11.4. The molecule has 4 aromatic rings. The number of methoxy groups -OCH3 is 1. The van der Waals surface area contributed by atoms with Gasteiger partial charge < -0.3 is 14.5 Å². The van der Waals surface area contributed by atoms with E-state index in [0.29, 0.717) is 23.3 Å². The van der Waals surface area contributed by atoms with Gasteiger partial charge in [-0.1, -0.05) is 6.07 Å². The van der Waals surface area contributed by atoms with E-state index in [2.05, 4.69) is 5.32 Å². The molecule has 1 aromatic heterocycles. The van der Waals surface area contributed by atoms with Crippen molar-refractivity contribution in [2.45, 2.75) is 11.4 Å². The third-order valence-electron chi connectivity index (χ3n) is 4.85. The highest BCUT2D eigenvalue weighted by molar-refractivity contribution is 7.89. The van der Waals surface area contributed by atoms with Crippen LogP contribution in [0.4, 0.5) is 5.69 Å². The van der Waals surface area contributed by atoms with Crippen molar-refractivity contribution in [3.05, 3.63) is 88.6 Å². The van der Waals surface area contributed by atoms with Gasteiger partial charge in [0.15, 0.2) is 5.43 Å². The van der Waals surface area contributed by atoms with Gasteiger partial charge in [0.25, 0.3) is 0 Å². The number of fused-ring (bicyclic) bond motifs is 1. The lowest BCUT2D eigenvalue weighted by Crippen LogP contribution is -2.12. The van der Waals surface area contributed by atoms with Gasteiger partial charge >= 0.3 is 0 Å². The largest absolute Gasteiger partial charge is 0.497 e. The molecule has 0 bridgehead atoms. The van der Waals surface area contributed by atoms with Crippen LogP contribution in [0.25, 0.3) is 22.3 Å². The molecule has 0 amide bonds. The SMILES string of the molecule is COc1ccc(-c2cc(=O)c3cc(CNc4ccc(S(N)(=O)=O)cc4)ccc3o2)cc1. The van der Waals surface area contributed by atoms with Gasteiger partial charge in [0.2, 0.25) is 10.0 Å². The first-order chi connectivity index (χ1) is 14.8. The molecule has 3 aromatic carbocycles. The van der Waals surface area contributed by atoms with Gasteiger partial charge in [0, 0.05) is 23.9 Å². The van der Waals surface area contributed by atoms with Crippen LogP contribution in [0.5, 0.6) is 5.75 Å². The molecule has 7 nitrogen and oxygen atoms in total. The molecule has 0 aliphatic heterocycles. The van der Waals surface area contributed by atoms with Crippen LogP contribution in [0.3, 0.4) is 0 Å². The maximum absolute atomic E-state index is 12.7. The third-order valence-corrected chi connectivity index (χ3v) is 5.77. The van der Waals surface area contributed by atoms with Gasteiger partial charge in [0.05, 0.1) is 17.4 Å². The van der Waals surface area contributed by atoms with E-state index in [0.717, 1.165) is 22.6 Å². The van der Waals surface area contributed by atoms with Crippen LogP contribution in [-0.4, -0.2) is 15.5 Å². The first-order valence-corrected chi connectivity index (χ1v) is 11.0. The summed E-state index contributed by atoms with van der Waals surface area (Å²) >= 11 is 0. The average molecular weight is 436 g/mol. The highest BCUT2D eigenvalue weighted by Crippen LogP contribution is 2.25. The molecule has 0 aliphatic carbocycles. The van der Waals surface area contributed by atoms with E-state index >= 15 is 0 Å². The Labute approximate surface area is 179 Å². The summed E-state index contributed by atoms with van der Waals surface area (Å²) in [6.45, 7) is 0.449. The molecule has 8 heteroatoms. The minimum absolute atomic E-state index is 0.0500. The zero-order chi connectivity index (χ0) is 22.0. The second-order valence-corrected chi connectivity index (χ2v) is 8.52. The highest BCUT2D eigenvalue weighted by atomic mass is 32.2. The molecule has 0 saturated heterocycles. The Balaban J connectivity index is 1.55. The Hall–Kier alpha value is -3.62. The van der Waals surface area contributed by atoms with Gasteiger partial charge in [-0.25, -0.2) is 13.6 Å². The topological polar surface area (TPSA) is 112 Å². The van der Waals surface area contributed by atoms with Crippen LogP contribution < -0.4 is 20.6 Å². The smallest absolute Gasteiger partial charge is 0.238 e. The molecule has 0 saturated carbocycles. The Morgan fingerprint density at radius 2 is 1.68 bits per heavy atom. The molecule has 4 rings (SSSR count). The summed E-state index contributed by atoms with van der Waals surface area (Å²) in [6.07, 6.45) is 0. The Kier molecular flexibility index (Phi) is 5.50. The second kappa shape index (κ2) is 8.25. The number of primary sulfonamides is 1. The van der Waals surface area contributed by atoms with Crippen molar-refractivity contribution >= 4 is 26.7 Å². The zero-order valence-corrected chi connectivity index (χ0v) is 17.5. The summed E-state index contributed by atoms with van der Waals surface area (Å²) in [7, 11) is -2.13. The van der Waals surface area contributed by atoms with Crippen molar-refractivity contribution in [1.29, 1.82) is 0 Å². The minimum Gasteiger partial charge on any atom is -0.497 e. The van der Waals surface area contributed by atoms with Gasteiger partial charge in [-0.15, -0.1) is 0 Å². The Morgan fingerprint density at radius 1 is 0.968 bits per heavy atom. The number of ether oxygens (including phenoxy) is 1. The van der Waals surface area contributed by atoms with Crippen molar-refractivity contribution in [2.75, 3.05) is 12.4 Å². The van der Waals surface area contributed by atoms with Crippen LogP contribution in [0.1, 0.15) is 5.56 Å². The van der Waals surface area contributed by atoms with E-state index in [-0.39, 0.29) is 10.3 Å². The van der Waals surface area contributed by atoms with E-state index in [4.69, 9.17) is 14.3 Å². The maximum Gasteiger partial charge on any atom is 0.238 e. The lowest BCUT2D eigenvalue weighted by molar-refractivity contribution is 0.415. The van der Waals surface area contributed by atoms with Gasteiger partial charge in [-0.2, -0.15) is 0 Å². The predicted molar refractivity (Wildman–Crippen MR) is 120 cm³/mol. The zero-order valence-electron chi connectivity index (χ0n) is 16.7. The first-order valence-electron chi connectivity index (χ1n) is 9.41. The molecule has 31 heavy (non-hydrogen) atoms. The van der Waals surface area contributed by atoms with Gasteiger partial charge in [-0.05, 0) is 66.2 Å². The van der Waals surface area contributed by atoms with Crippen molar-refractivity contribution in [3.63, 3.8) is 0 Å². The number of anilines is 1. The second-order valence-electron chi connectivity index (χ2n) is 6.96. The summed E-state index contributed by atoms with van der Waals surface area (Å²) in [5, 5.41) is 8.79. The highest BCUT2D eigenvalue weighted by Gasteiger charge is 2.09. The summed E-state index contributed by atoms with van der Waals surface area (Å²) in [5.74, 6) is 1.21. The molecule has 0 fully saturated rings. The molecule has 1 heterocycles. The van der Waals surface area contributed by atoms with Crippen molar-refractivity contribution < 1.29 is 17.6 Å². The molecule has 0 spiro atoms. The number of nitrogens with two attached hydrogens (primary N) is 1. The molecular formula is C23H20N2O5S.